The third kappa shape index (κ3) is 5.16. The Bertz CT molecular complexity index is 513. The molecule has 106 valence electrons. The Kier molecular flexibility index (Phi) is 5.75. The highest BCUT2D eigenvalue weighted by atomic mass is 32.2. The van der Waals surface area contributed by atoms with E-state index in [1.807, 2.05) is 32.0 Å². The van der Waals surface area contributed by atoms with E-state index in [4.69, 9.17) is 18.0 Å². The molecule has 0 bridgehead atoms. The second kappa shape index (κ2) is 6.86. The Morgan fingerprint density at radius 2 is 1.89 bits per heavy atom. The molecule has 0 atom stereocenters. The van der Waals surface area contributed by atoms with Crippen molar-refractivity contribution in [2.75, 3.05) is 16.6 Å². The minimum absolute atomic E-state index is 0.0704. The van der Waals surface area contributed by atoms with Crippen molar-refractivity contribution in [1.29, 1.82) is 0 Å². The number of hydrogen-bond acceptors (Lipinski definition) is 3. The quantitative estimate of drug-likeness (QED) is 0.784. The number of sulfonamides is 1. The van der Waals surface area contributed by atoms with Gasteiger partial charge < -0.3 is 5.73 Å². The second-order valence-electron chi connectivity index (χ2n) is 4.80. The van der Waals surface area contributed by atoms with Gasteiger partial charge in [0, 0.05) is 13.0 Å². The van der Waals surface area contributed by atoms with Gasteiger partial charge in [-0.2, -0.15) is 0 Å². The summed E-state index contributed by atoms with van der Waals surface area (Å²) >= 11 is 4.83. The smallest absolute Gasteiger partial charge is 0.235 e. The average molecular weight is 300 g/mol. The van der Waals surface area contributed by atoms with E-state index in [2.05, 4.69) is 0 Å². The van der Waals surface area contributed by atoms with Gasteiger partial charge in [-0.25, -0.2) is 8.42 Å². The number of rotatable bonds is 7. The van der Waals surface area contributed by atoms with E-state index in [0.29, 0.717) is 17.1 Å². The van der Waals surface area contributed by atoms with Crippen molar-refractivity contribution in [3.05, 3.63) is 30.3 Å². The first-order valence-corrected chi connectivity index (χ1v) is 8.18. The molecular formula is C13H20N2O2S2. The maximum Gasteiger partial charge on any atom is 0.235 e. The number of nitrogens with zero attached hydrogens (tertiary/aromatic N) is 1. The SMILES string of the molecule is CC(C)CS(=O)(=O)N(CCC(N)=S)c1ccccc1. The summed E-state index contributed by atoms with van der Waals surface area (Å²) in [4.78, 5) is 0.320. The topological polar surface area (TPSA) is 63.4 Å². The highest BCUT2D eigenvalue weighted by Crippen LogP contribution is 2.19. The monoisotopic (exact) mass is 300 g/mol. The molecule has 1 aromatic carbocycles. The highest BCUT2D eigenvalue weighted by Gasteiger charge is 2.23. The molecule has 0 aliphatic heterocycles. The first-order chi connectivity index (χ1) is 8.83. The molecule has 4 nitrogen and oxygen atoms in total. The van der Waals surface area contributed by atoms with Crippen molar-refractivity contribution in [2.45, 2.75) is 20.3 Å². The van der Waals surface area contributed by atoms with Crippen molar-refractivity contribution in [3.8, 4) is 0 Å². The third-order valence-electron chi connectivity index (χ3n) is 2.49. The van der Waals surface area contributed by atoms with Gasteiger partial charge >= 0.3 is 0 Å². The number of thiocarbonyl (C=S) groups is 1. The van der Waals surface area contributed by atoms with Gasteiger partial charge in [0.2, 0.25) is 10.0 Å². The lowest BCUT2D eigenvalue weighted by Crippen LogP contribution is -2.36. The summed E-state index contributed by atoms with van der Waals surface area (Å²) in [6.07, 6.45) is 0.377. The molecule has 0 unspecified atom stereocenters. The van der Waals surface area contributed by atoms with E-state index in [1.165, 1.54) is 4.31 Å². The normalized spacial score (nSPS) is 11.5. The van der Waals surface area contributed by atoms with E-state index in [0.717, 1.165) is 0 Å². The van der Waals surface area contributed by atoms with Crippen LogP contribution in [0, 0.1) is 5.92 Å². The van der Waals surface area contributed by atoms with Gasteiger partial charge in [-0.15, -0.1) is 0 Å². The lowest BCUT2D eigenvalue weighted by Gasteiger charge is -2.25. The zero-order chi connectivity index (χ0) is 14.5. The van der Waals surface area contributed by atoms with Crippen LogP contribution < -0.4 is 10.0 Å². The summed E-state index contributed by atoms with van der Waals surface area (Å²) in [5, 5.41) is 0. The number of benzene rings is 1. The molecule has 0 aliphatic carbocycles. The van der Waals surface area contributed by atoms with Gasteiger partial charge in [-0.1, -0.05) is 44.3 Å². The van der Waals surface area contributed by atoms with Crippen LogP contribution in [0.2, 0.25) is 0 Å². The van der Waals surface area contributed by atoms with E-state index in [-0.39, 0.29) is 18.2 Å². The molecule has 0 saturated carbocycles. The van der Waals surface area contributed by atoms with Crippen molar-refractivity contribution in [2.24, 2.45) is 11.7 Å². The molecular weight excluding hydrogens is 280 g/mol. The van der Waals surface area contributed by atoms with Crippen LogP contribution in [0.15, 0.2) is 30.3 Å². The molecule has 19 heavy (non-hydrogen) atoms. The zero-order valence-electron chi connectivity index (χ0n) is 11.2. The standard InChI is InChI=1S/C13H20N2O2S2/c1-11(2)10-19(16,17)15(9-8-13(14)18)12-6-4-3-5-7-12/h3-7,11H,8-10H2,1-2H3,(H2,14,18). The zero-order valence-corrected chi connectivity index (χ0v) is 12.9. The highest BCUT2D eigenvalue weighted by molar-refractivity contribution is 7.92. The number of hydrogen-bond donors (Lipinski definition) is 1. The number of nitrogens with two attached hydrogens (primary N) is 1. The molecule has 2 N–H and O–H groups in total. The molecule has 0 saturated heterocycles. The van der Waals surface area contributed by atoms with Gasteiger partial charge in [-0.05, 0) is 18.1 Å². The number of para-hydroxylation sites is 1. The molecule has 0 aliphatic rings. The van der Waals surface area contributed by atoms with Crippen LogP contribution in [0.4, 0.5) is 5.69 Å². The molecule has 0 spiro atoms. The summed E-state index contributed by atoms with van der Waals surface area (Å²) in [6.45, 7) is 4.05. The van der Waals surface area contributed by atoms with Crippen molar-refractivity contribution in [3.63, 3.8) is 0 Å². The second-order valence-corrected chi connectivity index (χ2v) is 7.26. The Morgan fingerprint density at radius 3 is 2.37 bits per heavy atom. The van der Waals surface area contributed by atoms with Gasteiger partial charge in [0.25, 0.3) is 0 Å². The van der Waals surface area contributed by atoms with Crippen LogP contribution >= 0.6 is 12.2 Å². The van der Waals surface area contributed by atoms with Gasteiger partial charge in [0.05, 0.1) is 16.4 Å². The summed E-state index contributed by atoms with van der Waals surface area (Å²) in [5.41, 5.74) is 6.13. The van der Waals surface area contributed by atoms with Gasteiger partial charge in [0.1, 0.15) is 0 Å². The van der Waals surface area contributed by atoms with Crippen LogP contribution in [0.25, 0.3) is 0 Å². The summed E-state index contributed by atoms with van der Waals surface area (Å²) in [7, 11) is -3.35. The fraction of sp³-hybridized carbons (Fsp3) is 0.462. The van der Waals surface area contributed by atoms with E-state index in [1.54, 1.807) is 12.1 Å². The van der Waals surface area contributed by atoms with Crippen LogP contribution in [0.3, 0.4) is 0 Å². The fourth-order valence-corrected chi connectivity index (χ4v) is 3.67. The molecule has 0 aromatic heterocycles. The van der Waals surface area contributed by atoms with Crippen LogP contribution in [0.1, 0.15) is 20.3 Å². The van der Waals surface area contributed by atoms with Gasteiger partial charge in [0.15, 0.2) is 0 Å². The molecule has 0 radical (unpaired) electrons. The molecule has 1 aromatic rings. The molecule has 0 heterocycles. The Labute approximate surface area is 120 Å². The largest absolute Gasteiger partial charge is 0.393 e. The average Bonchev–Trinajstić information content (AvgIpc) is 2.28. The third-order valence-corrected chi connectivity index (χ3v) is 4.84. The lowest BCUT2D eigenvalue weighted by atomic mass is 10.3. The van der Waals surface area contributed by atoms with E-state index in [9.17, 15) is 8.42 Å². The molecule has 0 amide bonds. The maximum absolute atomic E-state index is 12.4. The Balaban J connectivity index is 3.02. The van der Waals surface area contributed by atoms with Crippen molar-refractivity contribution in [1.82, 2.24) is 0 Å². The van der Waals surface area contributed by atoms with Gasteiger partial charge in [-0.3, -0.25) is 4.31 Å². The van der Waals surface area contributed by atoms with E-state index >= 15 is 0 Å². The predicted octanol–water partition coefficient (Wildman–Crippen LogP) is 2.16. The first kappa shape index (κ1) is 15.9. The minimum Gasteiger partial charge on any atom is -0.393 e. The molecule has 6 heteroatoms. The molecule has 1 rings (SSSR count). The van der Waals surface area contributed by atoms with Crippen LogP contribution in [0.5, 0.6) is 0 Å². The van der Waals surface area contributed by atoms with Crippen molar-refractivity contribution < 1.29 is 8.42 Å². The first-order valence-electron chi connectivity index (χ1n) is 6.16. The summed E-state index contributed by atoms with van der Waals surface area (Å²) in [5.74, 6) is 0.181. The summed E-state index contributed by atoms with van der Waals surface area (Å²) < 4.78 is 26.2. The fourth-order valence-electron chi connectivity index (χ4n) is 1.75. The Hall–Kier alpha value is -1.14. The molecule has 0 fully saturated rings. The van der Waals surface area contributed by atoms with Crippen molar-refractivity contribution >= 4 is 32.9 Å². The predicted molar refractivity (Wildman–Crippen MR) is 83.8 cm³/mol. The number of anilines is 1. The lowest BCUT2D eigenvalue weighted by molar-refractivity contribution is 0.577. The Morgan fingerprint density at radius 1 is 1.32 bits per heavy atom. The van der Waals surface area contributed by atoms with Crippen LogP contribution in [-0.4, -0.2) is 25.7 Å². The maximum atomic E-state index is 12.4. The van der Waals surface area contributed by atoms with Crippen LogP contribution in [-0.2, 0) is 10.0 Å². The van der Waals surface area contributed by atoms with E-state index < -0.39 is 10.0 Å². The summed E-state index contributed by atoms with van der Waals surface area (Å²) in [6, 6.07) is 9.03. The minimum atomic E-state index is -3.35.